The van der Waals surface area contributed by atoms with E-state index in [0.29, 0.717) is 25.2 Å². The van der Waals surface area contributed by atoms with Crippen molar-refractivity contribution in [1.82, 2.24) is 30.1 Å². The van der Waals surface area contributed by atoms with Crippen molar-refractivity contribution in [1.29, 1.82) is 0 Å². The largest absolute Gasteiger partial charge is 0.497 e. The molecule has 0 aliphatic carbocycles. The molecule has 0 aliphatic heterocycles. The molecule has 0 saturated heterocycles. The zero-order valence-electron chi connectivity index (χ0n) is 20.5. The fourth-order valence-corrected chi connectivity index (χ4v) is 4.00. The van der Waals surface area contributed by atoms with E-state index in [4.69, 9.17) is 4.74 Å². The summed E-state index contributed by atoms with van der Waals surface area (Å²) in [5.41, 5.74) is 3.50. The Bertz CT molecular complexity index is 1320. The second kappa shape index (κ2) is 9.77. The Morgan fingerprint density at radius 3 is 2.53 bits per heavy atom. The van der Waals surface area contributed by atoms with Crippen LogP contribution in [0.4, 0.5) is 0 Å². The third kappa shape index (κ3) is 5.17. The molecule has 34 heavy (non-hydrogen) atoms. The summed E-state index contributed by atoms with van der Waals surface area (Å²) < 4.78 is 7.19. The van der Waals surface area contributed by atoms with E-state index in [9.17, 15) is 4.79 Å². The lowest BCUT2D eigenvalue weighted by Gasteiger charge is -2.27. The SMILES string of the molecule is CCC(C)(C)n1nnnc1CN(Cc1ccc(OC)cc1)Cc1cc2ccc(C)cc2[nH]c1=O. The van der Waals surface area contributed by atoms with Crippen molar-refractivity contribution in [3.63, 3.8) is 0 Å². The van der Waals surface area contributed by atoms with Crippen molar-refractivity contribution in [2.24, 2.45) is 0 Å². The number of nitrogens with one attached hydrogen (secondary N) is 1. The summed E-state index contributed by atoms with van der Waals surface area (Å²) >= 11 is 0. The standard InChI is InChI=1S/C26H32N6O2/c1-6-26(3,4)32-24(28-29-30-32)17-31(15-19-8-11-22(34-5)12-9-19)16-21-14-20-10-7-18(2)13-23(20)27-25(21)33/h7-14H,6,15-17H2,1-5H3,(H,27,33). The van der Waals surface area contributed by atoms with Gasteiger partial charge in [-0.1, -0.05) is 31.2 Å². The fourth-order valence-electron chi connectivity index (χ4n) is 4.00. The van der Waals surface area contributed by atoms with Crippen molar-refractivity contribution in [3.8, 4) is 5.75 Å². The monoisotopic (exact) mass is 460 g/mol. The highest BCUT2D eigenvalue weighted by Gasteiger charge is 2.25. The Kier molecular flexibility index (Phi) is 6.79. The van der Waals surface area contributed by atoms with Crippen molar-refractivity contribution < 1.29 is 4.74 Å². The van der Waals surface area contributed by atoms with E-state index in [-0.39, 0.29) is 11.1 Å². The van der Waals surface area contributed by atoms with Crippen molar-refractivity contribution in [2.45, 2.75) is 59.3 Å². The van der Waals surface area contributed by atoms with Gasteiger partial charge in [-0.05, 0) is 78.4 Å². The van der Waals surface area contributed by atoms with Crippen molar-refractivity contribution in [2.75, 3.05) is 7.11 Å². The van der Waals surface area contributed by atoms with Gasteiger partial charge in [0.1, 0.15) is 5.75 Å². The zero-order valence-corrected chi connectivity index (χ0v) is 20.5. The summed E-state index contributed by atoms with van der Waals surface area (Å²) in [5, 5.41) is 13.5. The number of nitrogens with zero attached hydrogens (tertiary/aromatic N) is 5. The molecule has 2 heterocycles. The first-order chi connectivity index (χ1) is 16.3. The highest BCUT2D eigenvalue weighted by molar-refractivity contribution is 5.79. The van der Waals surface area contributed by atoms with Gasteiger partial charge < -0.3 is 9.72 Å². The number of rotatable bonds is 9. The van der Waals surface area contributed by atoms with Crippen molar-refractivity contribution in [3.05, 3.63) is 81.4 Å². The van der Waals surface area contributed by atoms with Crippen LogP contribution in [0, 0.1) is 6.92 Å². The molecular weight excluding hydrogens is 428 g/mol. The van der Waals surface area contributed by atoms with E-state index in [1.54, 1.807) is 7.11 Å². The summed E-state index contributed by atoms with van der Waals surface area (Å²) in [4.78, 5) is 18.2. The van der Waals surface area contributed by atoms with Crippen LogP contribution in [0.1, 0.15) is 49.7 Å². The van der Waals surface area contributed by atoms with E-state index in [0.717, 1.165) is 40.0 Å². The highest BCUT2D eigenvalue weighted by Crippen LogP contribution is 2.22. The molecule has 0 bridgehead atoms. The molecule has 1 N–H and O–H groups in total. The van der Waals surface area contributed by atoms with Crippen molar-refractivity contribution >= 4 is 10.9 Å². The van der Waals surface area contributed by atoms with E-state index >= 15 is 0 Å². The number of benzene rings is 2. The number of aromatic nitrogens is 5. The number of H-pyrrole nitrogens is 1. The van der Waals surface area contributed by atoms with E-state index in [2.05, 4.69) is 52.2 Å². The molecule has 4 aromatic rings. The van der Waals surface area contributed by atoms with Crippen LogP contribution in [-0.4, -0.2) is 37.2 Å². The number of tetrazole rings is 1. The first kappa shape index (κ1) is 23.6. The number of hydrogen-bond donors (Lipinski definition) is 1. The number of aromatic amines is 1. The Morgan fingerprint density at radius 2 is 1.82 bits per heavy atom. The first-order valence-electron chi connectivity index (χ1n) is 11.5. The maximum Gasteiger partial charge on any atom is 0.252 e. The molecule has 0 aliphatic rings. The fraction of sp³-hybridized carbons (Fsp3) is 0.385. The number of pyridine rings is 1. The van der Waals surface area contributed by atoms with Crippen LogP contribution in [0.25, 0.3) is 10.9 Å². The Morgan fingerprint density at radius 1 is 1.06 bits per heavy atom. The number of ether oxygens (including phenoxy) is 1. The number of fused-ring (bicyclic) bond motifs is 1. The van der Waals surface area contributed by atoms with Gasteiger partial charge in [-0.3, -0.25) is 9.69 Å². The number of hydrogen-bond acceptors (Lipinski definition) is 6. The van der Waals surface area contributed by atoms with Gasteiger partial charge >= 0.3 is 0 Å². The van der Waals surface area contributed by atoms with Crippen LogP contribution in [0.15, 0.2) is 53.3 Å². The summed E-state index contributed by atoms with van der Waals surface area (Å²) in [6.45, 7) is 9.99. The van der Waals surface area contributed by atoms with Crippen LogP contribution in [-0.2, 0) is 25.2 Å². The first-order valence-corrected chi connectivity index (χ1v) is 11.5. The van der Waals surface area contributed by atoms with Gasteiger partial charge in [0.2, 0.25) is 0 Å². The summed E-state index contributed by atoms with van der Waals surface area (Å²) in [6.07, 6.45) is 0.896. The molecule has 0 unspecified atom stereocenters. The molecule has 8 heteroatoms. The molecular formula is C26H32N6O2. The highest BCUT2D eigenvalue weighted by atomic mass is 16.5. The van der Waals surface area contributed by atoms with Crippen LogP contribution in [0.5, 0.6) is 5.75 Å². The molecule has 4 rings (SSSR count). The van der Waals surface area contributed by atoms with E-state index in [1.807, 2.05) is 54.1 Å². The summed E-state index contributed by atoms with van der Waals surface area (Å²) in [5.74, 6) is 1.58. The van der Waals surface area contributed by atoms with Crippen LogP contribution >= 0.6 is 0 Å². The summed E-state index contributed by atoms with van der Waals surface area (Å²) in [7, 11) is 1.66. The topological polar surface area (TPSA) is 88.9 Å². The third-order valence-corrected chi connectivity index (χ3v) is 6.38. The van der Waals surface area contributed by atoms with Gasteiger partial charge in [-0.25, -0.2) is 4.68 Å². The van der Waals surface area contributed by atoms with Gasteiger partial charge in [0.15, 0.2) is 5.82 Å². The Hall–Kier alpha value is -3.52. The molecule has 0 saturated carbocycles. The molecule has 0 radical (unpaired) electrons. The molecule has 0 amide bonds. The zero-order chi connectivity index (χ0) is 24.3. The summed E-state index contributed by atoms with van der Waals surface area (Å²) in [6, 6.07) is 16.1. The molecule has 178 valence electrons. The minimum atomic E-state index is -0.205. The molecule has 8 nitrogen and oxygen atoms in total. The van der Waals surface area contributed by atoms with Crippen LogP contribution in [0.2, 0.25) is 0 Å². The second-order valence-corrected chi connectivity index (χ2v) is 9.38. The normalized spacial score (nSPS) is 11.9. The van der Waals surface area contributed by atoms with E-state index < -0.39 is 0 Å². The lowest BCUT2D eigenvalue weighted by molar-refractivity contribution is 0.217. The van der Waals surface area contributed by atoms with Gasteiger partial charge in [-0.2, -0.15) is 0 Å². The van der Waals surface area contributed by atoms with Gasteiger partial charge in [0.25, 0.3) is 5.56 Å². The average Bonchev–Trinajstić information content (AvgIpc) is 3.29. The number of methoxy groups -OCH3 is 1. The van der Waals surface area contributed by atoms with Gasteiger partial charge in [-0.15, -0.1) is 5.10 Å². The quantitative estimate of drug-likeness (QED) is 0.403. The number of aryl methyl sites for hydroxylation is 1. The third-order valence-electron chi connectivity index (χ3n) is 6.38. The lowest BCUT2D eigenvalue weighted by Crippen LogP contribution is -2.32. The molecule has 0 fully saturated rings. The maximum atomic E-state index is 12.9. The minimum Gasteiger partial charge on any atom is -0.497 e. The van der Waals surface area contributed by atoms with E-state index in [1.165, 1.54) is 0 Å². The predicted molar refractivity (Wildman–Crippen MR) is 133 cm³/mol. The maximum absolute atomic E-state index is 12.9. The second-order valence-electron chi connectivity index (χ2n) is 9.38. The molecule has 2 aromatic carbocycles. The Labute approximate surface area is 199 Å². The molecule has 0 atom stereocenters. The van der Waals surface area contributed by atoms with Gasteiger partial charge in [0.05, 0.1) is 19.2 Å². The van der Waals surface area contributed by atoms with Crippen LogP contribution < -0.4 is 10.3 Å². The molecule has 0 spiro atoms. The van der Waals surface area contributed by atoms with Gasteiger partial charge in [0, 0.05) is 24.2 Å². The van der Waals surface area contributed by atoms with Crippen LogP contribution in [0.3, 0.4) is 0 Å². The smallest absolute Gasteiger partial charge is 0.252 e. The Balaban J connectivity index is 1.67. The minimum absolute atomic E-state index is 0.0775. The molecule has 2 aromatic heterocycles. The predicted octanol–water partition coefficient (Wildman–Crippen LogP) is 4.18. The lowest BCUT2D eigenvalue weighted by atomic mass is 10.0. The average molecular weight is 461 g/mol.